The van der Waals surface area contributed by atoms with Crippen molar-refractivity contribution in [3.8, 4) is 0 Å². The van der Waals surface area contributed by atoms with Crippen LogP contribution in [0, 0.1) is 81.8 Å². The van der Waals surface area contributed by atoms with Gasteiger partial charge in [0.05, 0.1) is 41.8 Å². The number of fused-ring (bicyclic) bond motifs is 12. The molecular formula is C73H98N2O9. The second-order valence-corrected chi connectivity index (χ2v) is 30.5. The second-order valence-electron chi connectivity index (χ2n) is 30.5. The van der Waals surface area contributed by atoms with Crippen molar-refractivity contribution in [3.63, 3.8) is 0 Å². The largest absolute Gasteiger partial charge is 0.515 e. The van der Waals surface area contributed by atoms with Gasteiger partial charge in [-0.1, -0.05) is 124 Å². The minimum absolute atomic E-state index is 0.0424. The molecule has 0 aromatic heterocycles. The van der Waals surface area contributed by atoms with Gasteiger partial charge in [0.15, 0.2) is 5.78 Å². The van der Waals surface area contributed by atoms with Gasteiger partial charge in [0.1, 0.15) is 19.0 Å². The first kappa shape index (κ1) is 58.3. The number of hydrogen-bond donors (Lipinski definition) is 1. The summed E-state index contributed by atoms with van der Waals surface area (Å²) in [5, 5.41) is 9.84. The van der Waals surface area contributed by atoms with Gasteiger partial charge >= 0.3 is 12.2 Å². The Balaban J connectivity index is 0.000000157. The van der Waals surface area contributed by atoms with E-state index in [9.17, 15) is 24.3 Å². The number of carbonyl (C=O) groups excluding carboxylic acids is 4. The van der Waals surface area contributed by atoms with Crippen LogP contribution in [-0.2, 0) is 41.8 Å². The smallest absolute Gasteiger partial charge is 0.410 e. The molecule has 0 radical (unpaired) electrons. The molecule has 1 N–H and O–H groups in total. The van der Waals surface area contributed by atoms with E-state index in [1.54, 1.807) is 16.7 Å². The normalized spacial score (nSPS) is 43.5. The standard InChI is InChI=1S/C37H49NO5.C36H49NO4/c1-22-14-33-34(38(19-22)35(41)42-21-25-8-6-5-7-9-25)24(3)37(43-33)13-12-28-29-11-10-27-15-32(40)26(20-39)18-36(27,4)31(29)16-30(28)23(2)17-37;1-22-16-32-33(37(20-22)34(39)40-21-25-8-6-5-7-9-25)24(3)36(41-32)15-13-28-29-11-10-26-17-27(38)12-14-35(26,4)31(29)18-30(28)23(2)19-36/h5-9,20,22,24,27-29,31,33-34,39H,10-19,21H2,1-4H3;5-9,22,24,26,28-29,31-33H,10-21H2,1-4H3/b26-20-;/t22-,24+,27-,28-,29-,31-,33+,34-,36-,37-;22-,24+,26-,28-,29-,31-,32+,33-,35-,36-/m00/s1. The first-order valence-corrected chi connectivity index (χ1v) is 33.4. The molecule has 4 heterocycles. The number of amides is 2. The van der Waals surface area contributed by atoms with Gasteiger partial charge in [0.25, 0.3) is 0 Å². The zero-order valence-corrected chi connectivity index (χ0v) is 52.0. The van der Waals surface area contributed by atoms with Gasteiger partial charge in [-0.3, -0.25) is 9.59 Å². The molecule has 11 nitrogen and oxygen atoms in total. The zero-order valence-electron chi connectivity index (χ0n) is 52.0. The highest BCUT2D eigenvalue weighted by atomic mass is 16.6. The van der Waals surface area contributed by atoms with E-state index in [0.717, 1.165) is 126 Å². The summed E-state index contributed by atoms with van der Waals surface area (Å²) in [6, 6.07) is 20.0. The highest BCUT2D eigenvalue weighted by molar-refractivity contribution is 5.96. The fraction of sp³-hybridized carbons (Fsp3) is 0.699. The highest BCUT2D eigenvalue weighted by Crippen LogP contribution is 2.67. The molecule has 14 rings (SSSR count). The van der Waals surface area contributed by atoms with Crippen LogP contribution in [0.1, 0.15) is 189 Å². The van der Waals surface area contributed by atoms with Crippen LogP contribution in [0.3, 0.4) is 0 Å². The van der Waals surface area contributed by atoms with E-state index in [1.807, 2.05) is 70.5 Å². The fourth-order valence-electron chi connectivity index (χ4n) is 21.8. The lowest BCUT2D eigenvalue weighted by atomic mass is 9.51. The Labute approximate surface area is 501 Å². The Hall–Kier alpha value is -4.74. The zero-order chi connectivity index (χ0) is 58.6. The third-order valence-electron chi connectivity index (χ3n) is 26.1. The lowest BCUT2D eigenvalue weighted by Crippen LogP contribution is -2.54. The number of aliphatic hydroxyl groups is 1. The number of likely N-dealkylation sites (tertiary alicyclic amines) is 2. The lowest BCUT2D eigenvalue weighted by Gasteiger charge is -2.52. The van der Waals surface area contributed by atoms with Gasteiger partial charge in [0.2, 0.25) is 0 Å². The van der Waals surface area contributed by atoms with Crippen LogP contribution < -0.4 is 0 Å². The molecule has 2 amide bonds. The van der Waals surface area contributed by atoms with Crippen LogP contribution >= 0.6 is 0 Å². The maximum Gasteiger partial charge on any atom is 0.410 e. The summed E-state index contributed by atoms with van der Waals surface area (Å²) in [7, 11) is 0. The van der Waals surface area contributed by atoms with Crippen molar-refractivity contribution in [2.75, 3.05) is 13.1 Å². The molecule has 454 valence electrons. The molecule has 4 aliphatic heterocycles. The van der Waals surface area contributed by atoms with Gasteiger partial charge in [0, 0.05) is 49.8 Å². The van der Waals surface area contributed by atoms with Crippen LogP contribution in [0.5, 0.6) is 0 Å². The number of ether oxygens (including phenoxy) is 4. The molecule has 4 saturated heterocycles. The van der Waals surface area contributed by atoms with Gasteiger partial charge < -0.3 is 33.9 Å². The molecule has 12 aliphatic rings. The Morgan fingerprint density at radius 2 is 1.07 bits per heavy atom. The van der Waals surface area contributed by atoms with Crippen LogP contribution in [0.15, 0.2) is 94.8 Å². The molecule has 2 aromatic rings. The number of nitrogens with zero attached hydrogens (tertiary/aromatic N) is 2. The van der Waals surface area contributed by atoms with Gasteiger partial charge in [-0.05, 0) is 198 Å². The van der Waals surface area contributed by atoms with Crippen molar-refractivity contribution >= 4 is 23.8 Å². The summed E-state index contributed by atoms with van der Waals surface area (Å²) in [5.41, 5.74) is 9.05. The Kier molecular flexibility index (Phi) is 15.6. The van der Waals surface area contributed by atoms with Crippen molar-refractivity contribution < 1.29 is 43.2 Å². The lowest BCUT2D eigenvalue weighted by molar-refractivity contribution is -0.130. The van der Waals surface area contributed by atoms with Crippen molar-refractivity contribution in [1.82, 2.24) is 9.80 Å². The van der Waals surface area contributed by atoms with Crippen LogP contribution in [0.25, 0.3) is 0 Å². The third kappa shape index (κ3) is 9.97. The molecule has 20 atom stereocenters. The van der Waals surface area contributed by atoms with Crippen molar-refractivity contribution in [3.05, 3.63) is 106 Å². The van der Waals surface area contributed by atoms with Crippen molar-refractivity contribution in [2.24, 2.45) is 81.8 Å². The highest BCUT2D eigenvalue weighted by Gasteiger charge is 2.64. The summed E-state index contributed by atoms with van der Waals surface area (Å²) in [4.78, 5) is 56.0. The number of aliphatic hydroxyl groups excluding tert-OH is 1. The van der Waals surface area contributed by atoms with E-state index in [2.05, 4.69) is 55.4 Å². The van der Waals surface area contributed by atoms with Gasteiger partial charge in [-0.15, -0.1) is 0 Å². The van der Waals surface area contributed by atoms with Crippen molar-refractivity contribution in [2.45, 2.75) is 226 Å². The number of carbonyl (C=O) groups is 4. The molecular weight excluding hydrogens is 1050 g/mol. The summed E-state index contributed by atoms with van der Waals surface area (Å²) in [5.74, 6) is 6.87. The first-order valence-electron chi connectivity index (χ1n) is 33.4. The van der Waals surface area contributed by atoms with Crippen LogP contribution in [0.2, 0.25) is 0 Å². The molecule has 2 spiro atoms. The number of ketones is 2. The average molecular weight is 1150 g/mol. The molecule has 2 aromatic carbocycles. The summed E-state index contributed by atoms with van der Waals surface area (Å²) < 4.78 is 26.1. The van der Waals surface area contributed by atoms with E-state index >= 15 is 0 Å². The van der Waals surface area contributed by atoms with E-state index in [-0.39, 0.29) is 70.7 Å². The van der Waals surface area contributed by atoms with E-state index in [0.29, 0.717) is 83.7 Å². The minimum atomic E-state index is -0.251. The molecule has 11 heteroatoms. The maximum absolute atomic E-state index is 13.5. The predicted octanol–water partition coefficient (Wildman–Crippen LogP) is 15.5. The quantitative estimate of drug-likeness (QED) is 0.181. The van der Waals surface area contributed by atoms with Gasteiger partial charge in [-0.2, -0.15) is 0 Å². The van der Waals surface area contributed by atoms with Crippen LogP contribution in [0.4, 0.5) is 9.59 Å². The molecule has 0 bridgehead atoms. The number of Topliss-reactive ketones (excluding diaryl/α,β-unsaturated/α-hetero) is 2. The van der Waals surface area contributed by atoms with Gasteiger partial charge in [-0.25, -0.2) is 9.59 Å². The first-order chi connectivity index (χ1) is 40.3. The molecule has 8 aliphatic carbocycles. The molecule has 0 unspecified atom stereocenters. The average Bonchev–Trinajstić information content (AvgIpc) is 1.91. The number of benzene rings is 2. The number of hydrogen-bond acceptors (Lipinski definition) is 9. The Bertz CT molecular complexity index is 2950. The number of piperidine rings is 2. The SMILES string of the molecule is CC1=C2C[C@H]3[C@@H](CC[C@H]4CC(=O)/C(=C\O)C[C@@]43C)[C@@H]2CC[C@@]2(C1)O[C@@H]1C[C@H](C)CN(C(=O)OCc3ccccc3)[C@H]1[C@H]2C.CC1=C2C[C@H]3[C@@H](CC[C@H]4CC(=O)CC[C@@]43C)[C@@H]2CC[C@@]2(C1)O[C@@H]1C[C@H](C)CN(C(=O)OCc3ccccc3)[C@H]1[C@H]2C. The molecule has 6 saturated carbocycles. The topological polar surface area (TPSA) is 132 Å². The second kappa shape index (κ2) is 22.4. The van der Waals surface area contributed by atoms with Crippen LogP contribution in [-0.4, -0.2) is 87.2 Å². The summed E-state index contributed by atoms with van der Waals surface area (Å²) in [6.07, 6.45) is 20.4. The molecule has 84 heavy (non-hydrogen) atoms. The van der Waals surface area contributed by atoms with E-state index < -0.39 is 0 Å². The fourth-order valence-corrected chi connectivity index (χ4v) is 21.8. The third-order valence-corrected chi connectivity index (χ3v) is 26.1. The predicted molar refractivity (Wildman–Crippen MR) is 324 cm³/mol. The monoisotopic (exact) mass is 1150 g/mol. The Morgan fingerprint density at radius 1 is 0.607 bits per heavy atom. The minimum Gasteiger partial charge on any atom is -0.515 e. The van der Waals surface area contributed by atoms with Crippen molar-refractivity contribution in [1.29, 1.82) is 0 Å². The summed E-state index contributed by atoms with van der Waals surface area (Å²) in [6.45, 7) is 20.9. The van der Waals surface area contributed by atoms with E-state index in [4.69, 9.17) is 18.9 Å². The summed E-state index contributed by atoms with van der Waals surface area (Å²) >= 11 is 0. The number of rotatable bonds is 4. The molecule has 10 fully saturated rings. The number of allylic oxidation sites excluding steroid dienone is 3. The Morgan fingerprint density at radius 3 is 1.55 bits per heavy atom. The van der Waals surface area contributed by atoms with E-state index in [1.165, 1.54) is 37.7 Å². The maximum atomic E-state index is 13.5.